The molecule has 0 spiro atoms. The van der Waals surface area contributed by atoms with Crippen molar-refractivity contribution in [2.75, 3.05) is 0 Å². The molecule has 2 nitrogen and oxygen atoms in total. The summed E-state index contributed by atoms with van der Waals surface area (Å²) in [6.45, 7) is 1.42. The Hall–Kier alpha value is -1.31. The van der Waals surface area contributed by atoms with Crippen LogP contribution in [0, 0.1) is 5.92 Å². The largest absolute Gasteiger partial charge is 0.511 e. The molecule has 11 heavy (non-hydrogen) atoms. The van der Waals surface area contributed by atoms with Gasteiger partial charge in [-0.15, -0.1) is 0 Å². The topological polar surface area (TPSA) is 37.3 Å². The molecule has 58 valence electrons. The first-order valence-electron chi connectivity index (χ1n) is 3.46. The Labute approximate surface area is 65.5 Å². The maximum absolute atomic E-state index is 10.5. The van der Waals surface area contributed by atoms with Crippen molar-refractivity contribution in [1.82, 2.24) is 0 Å². The van der Waals surface area contributed by atoms with Gasteiger partial charge in [0.1, 0.15) is 5.76 Å². The molecule has 0 aromatic carbocycles. The van der Waals surface area contributed by atoms with Crippen LogP contribution in [0.4, 0.5) is 0 Å². The Morgan fingerprint density at radius 3 is 2.45 bits per heavy atom. The third kappa shape index (κ3) is 2.08. The van der Waals surface area contributed by atoms with E-state index >= 15 is 0 Å². The molecule has 0 saturated carbocycles. The van der Waals surface area contributed by atoms with Crippen LogP contribution in [0.2, 0.25) is 0 Å². The van der Waals surface area contributed by atoms with Crippen molar-refractivity contribution >= 4 is 5.78 Å². The predicted octanol–water partition coefficient (Wildman–Crippen LogP) is 1.76. The van der Waals surface area contributed by atoms with Gasteiger partial charge in [-0.2, -0.15) is 0 Å². The monoisotopic (exact) mass is 150 g/mol. The molecule has 0 atom stereocenters. The number of carbonyl (C=O) groups excluding carboxylic acids is 1. The van der Waals surface area contributed by atoms with Crippen LogP contribution in [0.15, 0.2) is 36.1 Å². The fourth-order valence-corrected chi connectivity index (χ4v) is 0.934. The first-order valence-corrected chi connectivity index (χ1v) is 3.46. The van der Waals surface area contributed by atoms with Crippen LogP contribution >= 0.6 is 0 Å². The van der Waals surface area contributed by atoms with Gasteiger partial charge < -0.3 is 5.11 Å². The van der Waals surface area contributed by atoms with Gasteiger partial charge in [0, 0.05) is 6.08 Å². The lowest BCUT2D eigenvalue weighted by atomic mass is 10.1. The Bertz CT molecular complexity index is 234. The van der Waals surface area contributed by atoms with Crippen molar-refractivity contribution < 1.29 is 9.90 Å². The molecule has 0 saturated heterocycles. The number of aliphatic hydroxyl groups excluding tert-OH is 1. The summed E-state index contributed by atoms with van der Waals surface area (Å²) in [6, 6.07) is 0. The van der Waals surface area contributed by atoms with Gasteiger partial charge in [-0.1, -0.05) is 24.3 Å². The third-order valence-electron chi connectivity index (χ3n) is 1.44. The third-order valence-corrected chi connectivity index (χ3v) is 1.44. The van der Waals surface area contributed by atoms with Crippen LogP contribution in [-0.4, -0.2) is 10.9 Å². The summed E-state index contributed by atoms with van der Waals surface area (Å²) in [5.74, 6) is -0.113. The lowest BCUT2D eigenvalue weighted by molar-refractivity contribution is -0.112. The van der Waals surface area contributed by atoms with Gasteiger partial charge in [0.25, 0.3) is 0 Å². The molecule has 0 aromatic rings. The molecule has 1 aliphatic carbocycles. The van der Waals surface area contributed by atoms with Gasteiger partial charge in [-0.3, -0.25) is 4.79 Å². The number of rotatable bonds is 2. The minimum atomic E-state index is -0.129. The summed E-state index contributed by atoms with van der Waals surface area (Å²) in [5.41, 5.74) is 0. The molecule has 0 aromatic heterocycles. The van der Waals surface area contributed by atoms with Crippen molar-refractivity contribution in [3.8, 4) is 0 Å². The van der Waals surface area contributed by atoms with Crippen molar-refractivity contribution in [2.45, 2.75) is 6.92 Å². The maximum atomic E-state index is 10.5. The molecule has 1 aliphatic rings. The van der Waals surface area contributed by atoms with Crippen molar-refractivity contribution in [3.63, 3.8) is 0 Å². The summed E-state index contributed by atoms with van der Waals surface area (Å²) in [4.78, 5) is 10.5. The summed E-state index contributed by atoms with van der Waals surface area (Å²) in [7, 11) is 0. The van der Waals surface area contributed by atoms with E-state index in [1.54, 1.807) is 0 Å². The summed E-state index contributed by atoms with van der Waals surface area (Å²) >= 11 is 0. The minimum absolute atomic E-state index is 0.0982. The van der Waals surface area contributed by atoms with Crippen LogP contribution < -0.4 is 0 Å². The second-order valence-corrected chi connectivity index (χ2v) is 2.48. The fourth-order valence-electron chi connectivity index (χ4n) is 0.934. The van der Waals surface area contributed by atoms with Crippen LogP contribution in [0.3, 0.4) is 0 Å². The van der Waals surface area contributed by atoms with E-state index in [4.69, 9.17) is 0 Å². The standard InChI is InChI=1S/C9H10O2/c1-7(10)6-9(11)8-4-2-3-5-8/h2-6,8,11H,1H3. The van der Waals surface area contributed by atoms with Crippen LogP contribution in [0.25, 0.3) is 0 Å². The average molecular weight is 150 g/mol. The van der Waals surface area contributed by atoms with E-state index in [9.17, 15) is 9.90 Å². The molecule has 0 bridgehead atoms. The van der Waals surface area contributed by atoms with Crippen molar-refractivity contribution in [1.29, 1.82) is 0 Å². The maximum Gasteiger partial charge on any atom is 0.155 e. The highest BCUT2D eigenvalue weighted by Crippen LogP contribution is 2.16. The molecule has 1 rings (SSSR count). The van der Waals surface area contributed by atoms with Crippen LogP contribution in [0.1, 0.15) is 6.92 Å². The normalized spacial score (nSPS) is 17.7. The number of hydrogen-bond donors (Lipinski definition) is 1. The lowest BCUT2D eigenvalue weighted by Crippen LogP contribution is -1.97. The highest BCUT2D eigenvalue weighted by molar-refractivity contribution is 5.87. The van der Waals surface area contributed by atoms with Crippen LogP contribution in [0.5, 0.6) is 0 Å². The van der Waals surface area contributed by atoms with Gasteiger partial charge in [0.05, 0.1) is 5.92 Å². The second kappa shape index (κ2) is 3.19. The Balaban J connectivity index is 2.67. The number of aliphatic hydroxyl groups is 1. The molecule has 0 radical (unpaired) electrons. The molecule has 0 fully saturated rings. The fraction of sp³-hybridized carbons (Fsp3) is 0.222. The van der Waals surface area contributed by atoms with E-state index in [0.717, 1.165) is 0 Å². The summed E-state index contributed by atoms with van der Waals surface area (Å²) in [5, 5.41) is 9.26. The molecule has 0 heterocycles. The second-order valence-electron chi connectivity index (χ2n) is 2.48. The zero-order valence-corrected chi connectivity index (χ0v) is 6.32. The quantitative estimate of drug-likeness (QED) is 0.481. The number of hydrogen-bond acceptors (Lipinski definition) is 2. The molecule has 0 unspecified atom stereocenters. The SMILES string of the molecule is CC(=O)C=C(O)C1C=CC=C1. The summed E-state index contributed by atoms with van der Waals surface area (Å²) < 4.78 is 0. The van der Waals surface area contributed by atoms with E-state index in [0.29, 0.717) is 0 Å². The van der Waals surface area contributed by atoms with E-state index < -0.39 is 0 Å². The smallest absolute Gasteiger partial charge is 0.155 e. The van der Waals surface area contributed by atoms with E-state index in [-0.39, 0.29) is 17.5 Å². The number of allylic oxidation sites excluding steroid dienone is 4. The van der Waals surface area contributed by atoms with E-state index in [2.05, 4.69) is 0 Å². The van der Waals surface area contributed by atoms with Gasteiger partial charge in [-0.25, -0.2) is 0 Å². The van der Waals surface area contributed by atoms with Crippen molar-refractivity contribution in [2.24, 2.45) is 5.92 Å². The molecule has 2 heteroatoms. The molecular formula is C9H10O2. The molecule has 0 amide bonds. The first-order chi connectivity index (χ1) is 5.20. The van der Waals surface area contributed by atoms with Crippen molar-refractivity contribution in [3.05, 3.63) is 36.1 Å². The molecule has 1 N–H and O–H groups in total. The Morgan fingerprint density at radius 2 is 2.00 bits per heavy atom. The van der Waals surface area contributed by atoms with Gasteiger partial charge in [0.15, 0.2) is 5.78 Å². The highest BCUT2D eigenvalue weighted by atomic mass is 16.3. The highest BCUT2D eigenvalue weighted by Gasteiger charge is 2.08. The number of carbonyl (C=O) groups is 1. The lowest BCUT2D eigenvalue weighted by Gasteiger charge is -2.01. The van der Waals surface area contributed by atoms with Gasteiger partial charge in [0.2, 0.25) is 0 Å². The van der Waals surface area contributed by atoms with Gasteiger partial charge in [-0.05, 0) is 6.92 Å². The average Bonchev–Trinajstić information content (AvgIpc) is 2.35. The molecule has 0 aliphatic heterocycles. The predicted molar refractivity (Wildman–Crippen MR) is 43.2 cm³/mol. The van der Waals surface area contributed by atoms with Crippen LogP contribution in [-0.2, 0) is 4.79 Å². The molecular weight excluding hydrogens is 140 g/mol. The first kappa shape index (κ1) is 7.79. The zero-order chi connectivity index (χ0) is 8.27. The Morgan fingerprint density at radius 1 is 1.45 bits per heavy atom. The Kier molecular flexibility index (Phi) is 2.26. The summed E-state index contributed by atoms with van der Waals surface area (Å²) in [6.07, 6.45) is 8.58. The minimum Gasteiger partial charge on any atom is -0.511 e. The van der Waals surface area contributed by atoms with Gasteiger partial charge >= 0.3 is 0 Å². The van der Waals surface area contributed by atoms with E-state index in [1.807, 2.05) is 24.3 Å². The van der Waals surface area contributed by atoms with E-state index in [1.165, 1.54) is 13.0 Å². The number of ketones is 1. The zero-order valence-electron chi connectivity index (χ0n) is 6.32.